The van der Waals surface area contributed by atoms with Gasteiger partial charge in [-0.25, -0.2) is 4.79 Å². The number of hydrogen-bond acceptors (Lipinski definition) is 6. The topological polar surface area (TPSA) is 131 Å². The van der Waals surface area contributed by atoms with Gasteiger partial charge in [-0.2, -0.15) is 0 Å². The van der Waals surface area contributed by atoms with Crippen LogP contribution in [0.25, 0.3) is 0 Å². The Morgan fingerprint density at radius 3 is 2.26 bits per heavy atom. The molecule has 5 N–H and O–H groups in total. The predicted molar refractivity (Wildman–Crippen MR) is 133 cm³/mol. The highest BCUT2D eigenvalue weighted by Crippen LogP contribution is 2.24. The third-order valence-corrected chi connectivity index (χ3v) is 5.47. The average molecular weight is 478 g/mol. The predicted octanol–water partition coefficient (Wildman–Crippen LogP) is 3.31. The zero-order chi connectivity index (χ0) is 25.8. The van der Waals surface area contributed by atoms with Crippen molar-refractivity contribution in [1.29, 1.82) is 0 Å². The van der Waals surface area contributed by atoms with Crippen LogP contribution < -0.4 is 16.4 Å². The van der Waals surface area contributed by atoms with E-state index in [-0.39, 0.29) is 31.2 Å². The standard InChI is InChI=1S/C26H43N3O5/c1-19(2)16-26(27,21(18-30)17-28-24(33)34-25(3,4)5)23(32)29-22(31)15-11-7-10-14-20-12-8-6-9-13-20/h6,8-9,12-13,19,21,30H,7,10-11,14-18,27H2,1-5H3,(H,28,33)(H,29,31,32)/t21?,26-/m1/s1. The van der Waals surface area contributed by atoms with Crippen molar-refractivity contribution in [1.82, 2.24) is 10.6 Å². The Morgan fingerprint density at radius 2 is 1.71 bits per heavy atom. The Hall–Kier alpha value is -2.45. The number of alkyl carbamates (subject to hydrolysis) is 1. The van der Waals surface area contributed by atoms with Crippen LogP contribution in [0.3, 0.4) is 0 Å². The molecule has 0 aliphatic carbocycles. The molecule has 1 unspecified atom stereocenters. The van der Waals surface area contributed by atoms with Gasteiger partial charge in [0.2, 0.25) is 11.8 Å². The number of benzene rings is 1. The van der Waals surface area contributed by atoms with Crippen LogP contribution in [0.2, 0.25) is 0 Å². The lowest BCUT2D eigenvalue weighted by Crippen LogP contribution is -2.63. The van der Waals surface area contributed by atoms with Crippen LogP contribution in [0.4, 0.5) is 4.79 Å². The number of ether oxygens (including phenoxy) is 1. The number of aryl methyl sites for hydroxylation is 1. The smallest absolute Gasteiger partial charge is 0.407 e. The molecular weight excluding hydrogens is 434 g/mol. The minimum Gasteiger partial charge on any atom is -0.444 e. The zero-order valence-electron chi connectivity index (χ0n) is 21.4. The second kappa shape index (κ2) is 14.1. The van der Waals surface area contributed by atoms with E-state index in [0.717, 1.165) is 19.3 Å². The van der Waals surface area contributed by atoms with Crippen molar-refractivity contribution in [2.45, 2.75) is 84.3 Å². The number of nitrogens with one attached hydrogen (secondary N) is 2. The first-order chi connectivity index (χ1) is 15.9. The molecule has 0 spiro atoms. The molecule has 0 aliphatic rings. The fourth-order valence-corrected chi connectivity index (χ4v) is 3.79. The lowest BCUT2D eigenvalue weighted by atomic mass is 9.77. The third-order valence-electron chi connectivity index (χ3n) is 5.47. The van der Waals surface area contributed by atoms with Gasteiger partial charge in [-0.3, -0.25) is 14.9 Å². The first-order valence-electron chi connectivity index (χ1n) is 12.1. The Kier molecular flexibility index (Phi) is 12.2. The van der Waals surface area contributed by atoms with Gasteiger partial charge >= 0.3 is 6.09 Å². The number of hydrogen-bond donors (Lipinski definition) is 4. The Bertz CT molecular complexity index is 776. The number of unbranched alkanes of at least 4 members (excludes halogenated alkanes) is 2. The number of amides is 3. The zero-order valence-corrected chi connectivity index (χ0v) is 21.4. The van der Waals surface area contributed by atoms with Crippen molar-refractivity contribution in [3.8, 4) is 0 Å². The molecule has 1 aromatic rings. The fraction of sp³-hybridized carbons (Fsp3) is 0.654. The molecule has 3 amide bonds. The number of aliphatic hydroxyl groups excluding tert-OH is 1. The maximum absolute atomic E-state index is 13.0. The van der Waals surface area contributed by atoms with E-state index in [1.807, 2.05) is 32.0 Å². The summed E-state index contributed by atoms with van der Waals surface area (Å²) < 4.78 is 5.22. The second-order valence-electron chi connectivity index (χ2n) is 10.3. The molecule has 0 fully saturated rings. The minimum atomic E-state index is -1.53. The number of carbonyl (C=O) groups is 3. The van der Waals surface area contributed by atoms with Crippen LogP contribution >= 0.6 is 0 Å². The Balaban J connectivity index is 2.62. The van der Waals surface area contributed by atoms with Gasteiger partial charge in [0.25, 0.3) is 0 Å². The molecule has 0 saturated carbocycles. The highest BCUT2D eigenvalue weighted by Gasteiger charge is 2.43. The number of carbonyl (C=O) groups excluding carboxylic acids is 3. The molecule has 8 nitrogen and oxygen atoms in total. The lowest BCUT2D eigenvalue weighted by Gasteiger charge is -2.36. The van der Waals surface area contributed by atoms with Crippen LogP contribution in [0, 0.1) is 11.8 Å². The molecule has 0 saturated heterocycles. The quantitative estimate of drug-likeness (QED) is 0.322. The van der Waals surface area contributed by atoms with Crippen LogP contribution in [0.15, 0.2) is 30.3 Å². The molecule has 0 radical (unpaired) electrons. The van der Waals surface area contributed by atoms with Gasteiger partial charge in [0.05, 0.1) is 0 Å². The Labute approximate surface area is 204 Å². The van der Waals surface area contributed by atoms with Gasteiger partial charge in [0, 0.05) is 25.5 Å². The molecule has 0 heterocycles. The van der Waals surface area contributed by atoms with Gasteiger partial charge in [-0.1, -0.05) is 50.6 Å². The third kappa shape index (κ3) is 11.1. The van der Waals surface area contributed by atoms with Crippen molar-refractivity contribution < 1.29 is 24.2 Å². The van der Waals surface area contributed by atoms with Crippen molar-refractivity contribution >= 4 is 17.9 Å². The van der Waals surface area contributed by atoms with Crippen LogP contribution in [-0.2, 0) is 20.7 Å². The normalized spacial score (nSPS) is 14.2. The van der Waals surface area contributed by atoms with Crippen molar-refractivity contribution in [3.63, 3.8) is 0 Å². The van der Waals surface area contributed by atoms with Gasteiger partial charge < -0.3 is 20.9 Å². The summed E-state index contributed by atoms with van der Waals surface area (Å²) in [5, 5.41) is 15.0. The molecule has 0 bridgehead atoms. The maximum atomic E-state index is 13.0. The Morgan fingerprint density at radius 1 is 1.06 bits per heavy atom. The minimum absolute atomic E-state index is 0.0272. The van der Waals surface area contributed by atoms with Crippen LogP contribution in [0.5, 0.6) is 0 Å². The van der Waals surface area contributed by atoms with Crippen molar-refractivity contribution in [2.75, 3.05) is 13.2 Å². The summed E-state index contributed by atoms with van der Waals surface area (Å²) in [5.74, 6) is -1.79. The maximum Gasteiger partial charge on any atom is 0.407 e. The summed E-state index contributed by atoms with van der Waals surface area (Å²) in [5.41, 5.74) is 5.54. The van der Waals surface area contributed by atoms with Crippen molar-refractivity contribution in [3.05, 3.63) is 35.9 Å². The van der Waals surface area contributed by atoms with Gasteiger partial charge in [0.1, 0.15) is 11.1 Å². The van der Waals surface area contributed by atoms with E-state index in [9.17, 15) is 19.5 Å². The van der Waals surface area contributed by atoms with E-state index in [1.54, 1.807) is 20.8 Å². The molecule has 8 heteroatoms. The monoisotopic (exact) mass is 477 g/mol. The van der Waals surface area contributed by atoms with Gasteiger partial charge in [0.15, 0.2) is 0 Å². The summed E-state index contributed by atoms with van der Waals surface area (Å²) in [7, 11) is 0. The number of rotatable bonds is 13. The van der Waals surface area contributed by atoms with Crippen LogP contribution in [0.1, 0.15) is 72.3 Å². The lowest BCUT2D eigenvalue weighted by molar-refractivity contribution is -0.136. The molecular formula is C26H43N3O5. The van der Waals surface area contributed by atoms with E-state index >= 15 is 0 Å². The summed E-state index contributed by atoms with van der Waals surface area (Å²) in [6.45, 7) is 8.53. The first kappa shape index (κ1) is 29.6. The summed E-state index contributed by atoms with van der Waals surface area (Å²) in [4.78, 5) is 37.5. The number of imide groups is 1. The molecule has 1 aromatic carbocycles. The molecule has 2 atom stereocenters. The first-order valence-corrected chi connectivity index (χ1v) is 12.1. The van der Waals surface area contributed by atoms with Crippen molar-refractivity contribution in [2.24, 2.45) is 17.6 Å². The largest absolute Gasteiger partial charge is 0.444 e. The van der Waals surface area contributed by atoms with E-state index in [4.69, 9.17) is 10.5 Å². The molecule has 0 aromatic heterocycles. The highest BCUT2D eigenvalue weighted by atomic mass is 16.6. The van der Waals surface area contributed by atoms with Gasteiger partial charge in [-0.15, -0.1) is 0 Å². The number of aliphatic hydroxyl groups is 1. The number of nitrogens with two attached hydrogens (primary N) is 1. The summed E-state index contributed by atoms with van der Waals surface area (Å²) in [6, 6.07) is 10.2. The molecule has 0 aliphatic heterocycles. The SMILES string of the molecule is CC(C)C[C@](N)(C(=O)NC(=O)CCCCCc1ccccc1)C(CO)CNC(=O)OC(C)(C)C. The summed E-state index contributed by atoms with van der Waals surface area (Å²) in [6.07, 6.45) is 3.24. The van der Waals surface area contributed by atoms with E-state index in [2.05, 4.69) is 22.8 Å². The van der Waals surface area contributed by atoms with Gasteiger partial charge in [-0.05, 0) is 57.9 Å². The molecule has 192 valence electrons. The van der Waals surface area contributed by atoms with E-state index < -0.39 is 35.7 Å². The highest BCUT2D eigenvalue weighted by molar-refractivity contribution is 6.00. The van der Waals surface area contributed by atoms with E-state index in [1.165, 1.54) is 5.56 Å². The summed E-state index contributed by atoms with van der Waals surface area (Å²) >= 11 is 0. The van der Waals surface area contributed by atoms with Crippen LogP contribution in [-0.4, -0.2) is 47.3 Å². The molecule has 34 heavy (non-hydrogen) atoms. The average Bonchev–Trinajstić information content (AvgIpc) is 2.72. The molecule has 1 rings (SSSR count). The fourth-order valence-electron chi connectivity index (χ4n) is 3.79. The van der Waals surface area contributed by atoms with E-state index in [0.29, 0.717) is 6.42 Å². The second-order valence-corrected chi connectivity index (χ2v) is 10.3.